The van der Waals surface area contributed by atoms with Crippen LogP contribution in [0.5, 0.6) is 0 Å². The van der Waals surface area contributed by atoms with Crippen molar-refractivity contribution in [3.63, 3.8) is 0 Å². The molecule has 0 saturated heterocycles. The van der Waals surface area contributed by atoms with Crippen LogP contribution < -0.4 is 10.5 Å². The van der Waals surface area contributed by atoms with Gasteiger partial charge in [-0.25, -0.2) is 22.0 Å². The Hall–Kier alpha value is -1.75. The topological polar surface area (TPSA) is 127 Å². The summed E-state index contributed by atoms with van der Waals surface area (Å²) >= 11 is 0. The highest BCUT2D eigenvalue weighted by molar-refractivity contribution is 7.89. The van der Waals surface area contributed by atoms with E-state index in [9.17, 15) is 21.6 Å². The molecule has 0 aliphatic carbocycles. The summed E-state index contributed by atoms with van der Waals surface area (Å²) in [6, 6.07) is 5.81. The fourth-order valence-corrected chi connectivity index (χ4v) is 3.15. The first-order valence-corrected chi connectivity index (χ1v) is 10.4. The number of sulfonamides is 2. The van der Waals surface area contributed by atoms with Crippen LogP contribution in [0.3, 0.4) is 0 Å². The summed E-state index contributed by atoms with van der Waals surface area (Å²) in [5, 5.41) is 7.53. The predicted molar refractivity (Wildman–Crippen MR) is 91.1 cm³/mol. The number of carbonyl (C=O) groups is 1. The number of carbonyl (C=O) groups excluding carboxylic acids is 1. The number of hydrogen-bond acceptors (Lipinski definition) is 5. The van der Waals surface area contributed by atoms with Gasteiger partial charge in [-0.2, -0.15) is 4.31 Å². The molecular weight excluding hydrogens is 354 g/mol. The van der Waals surface area contributed by atoms with Crippen molar-refractivity contribution in [3.05, 3.63) is 42.5 Å². The Morgan fingerprint density at radius 1 is 1.25 bits per heavy atom. The van der Waals surface area contributed by atoms with Crippen molar-refractivity contribution in [2.24, 2.45) is 5.14 Å². The van der Waals surface area contributed by atoms with Crippen LogP contribution in [0.2, 0.25) is 0 Å². The third kappa shape index (κ3) is 6.79. The number of amides is 1. The maximum atomic E-state index is 11.8. The maximum absolute atomic E-state index is 11.8. The van der Waals surface area contributed by atoms with Crippen LogP contribution in [0.1, 0.15) is 5.56 Å². The van der Waals surface area contributed by atoms with Gasteiger partial charge in [-0.3, -0.25) is 4.79 Å². The van der Waals surface area contributed by atoms with E-state index in [1.54, 1.807) is 12.1 Å². The van der Waals surface area contributed by atoms with Crippen molar-refractivity contribution in [2.75, 3.05) is 25.9 Å². The molecule has 1 rings (SSSR count). The summed E-state index contributed by atoms with van der Waals surface area (Å²) < 4.78 is 47.0. The summed E-state index contributed by atoms with van der Waals surface area (Å²) in [7, 11) is -7.32. The lowest BCUT2D eigenvalue weighted by molar-refractivity contribution is -0.121. The molecule has 3 N–H and O–H groups in total. The third-order valence-electron chi connectivity index (χ3n) is 3.13. The second-order valence-corrected chi connectivity index (χ2v) is 8.67. The quantitative estimate of drug-likeness (QED) is 0.560. The van der Waals surface area contributed by atoms with Crippen LogP contribution in [-0.2, 0) is 31.3 Å². The second-order valence-electron chi connectivity index (χ2n) is 5.13. The highest BCUT2D eigenvalue weighted by atomic mass is 32.2. The SMILES string of the molecule is C=CCNC(=O)CN(CCc1ccc(S(N)(=O)=O)cc1)S(C)(=O)=O. The van der Waals surface area contributed by atoms with Crippen molar-refractivity contribution in [2.45, 2.75) is 11.3 Å². The lowest BCUT2D eigenvalue weighted by Crippen LogP contribution is -2.41. The van der Waals surface area contributed by atoms with Crippen LogP contribution >= 0.6 is 0 Å². The molecule has 0 saturated carbocycles. The molecule has 1 amide bonds. The molecule has 1 aromatic carbocycles. The van der Waals surface area contributed by atoms with Crippen LogP contribution in [0.4, 0.5) is 0 Å². The Bertz CT molecular complexity index is 786. The van der Waals surface area contributed by atoms with Crippen LogP contribution in [0.25, 0.3) is 0 Å². The zero-order valence-electron chi connectivity index (χ0n) is 13.3. The summed E-state index contributed by atoms with van der Waals surface area (Å²) in [6.07, 6.45) is 2.85. The number of benzene rings is 1. The number of nitrogens with zero attached hydrogens (tertiary/aromatic N) is 1. The van der Waals surface area contributed by atoms with Gasteiger partial charge in [-0.15, -0.1) is 6.58 Å². The standard InChI is InChI=1S/C14H21N3O5S2/c1-3-9-16-14(18)11-17(23(2,19)20)10-8-12-4-6-13(7-5-12)24(15,21)22/h3-7H,1,8-11H2,2H3,(H,16,18)(H2,15,21,22). The average molecular weight is 375 g/mol. The first kappa shape index (κ1) is 20.3. The molecule has 0 spiro atoms. The molecule has 0 bridgehead atoms. The Kier molecular flexibility index (Phi) is 7.08. The van der Waals surface area contributed by atoms with E-state index in [0.717, 1.165) is 16.1 Å². The van der Waals surface area contributed by atoms with E-state index < -0.39 is 26.0 Å². The molecule has 24 heavy (non-hydrogen) atoms. The van der Waals surface area contributed by atoms with Gasteiger partial charge >= 0.3 is 0 Å². The van der Waals surface area contributed by atoms with Gasteiger partial charge in [0.15, 0.2) is 0 Å². The minimum atomic E-state index is -3.77. The molecule has 134 valence electrons. The summed E-state index contributed by atoms with van der Waals surface area (Å²) in [6.45, 7) is 3.52. The van der Waals surface area contributed by atoms with E-state index >= 15 is 0 Å². The van der Waals surface area contributed by atoms with Gasteiger partial charge in [0.25, 0.3) is 0 Å². The molecule has 10 heteroatoms. The number of hydrogen-bond donors (Lipinski definition) is 2. The van der Waals surface area contributed by atoms with Gasteiger partial charge < -0.3 is 5.32 Å². The molecule has 0 fully saturated rings. The van der Waals surface area contributed by atoms with Gasteiger partial charge in [0.05, 0.1) is 17.7 Å². The minimum absolute atomic E-state index is 0.0185. The molecule has 8 nitrogen and oxygen atoms in total. The zero-order chi connectivity index (χ0) is 18.4. The van der Waals surface area contributed by atoms with E-state index in [0.29, 0.717) is 6.42 Å². The second kappa shape index (κ2) is 8.38. The molecule has 0 aliphatic rings. The lowest BCUT2D eigenvalue weighted by Gasteiger charge is -2.19. The van der Waals surface area contributed by atoms with Crippen LogP contribution in [0, 0.1) is 0 Å². The molecular formula is C14H21N3O5S2. The molecule has 0 aliphatic heterocycles. The van der Waals surface area contributed by atoms with Crippen LogP contribution in [-0.4, -0.2) is 52.9 Å². The van der Waals surface area contributed by atoms with E-state index in [2.05, 4.69) is 11.9 Å². The molecule has 1 aromatic rings. The van der Waals surface area contributed by atoms with E-state index in [4.69, 9.17) is 5.14 Å². The van der Waals surface area contributed by atoms with Gasteiger partial charge in [0.2, 0.25) is 26.0 Å². The van der Waals surface area contributed by atoms with Crippen molar-refractivity contribution in [1.82, 2.24) is 9.62 Å². The highest BCUT2D eigenvalue weighted by Crippen LogP contribution is 2.10. The summed E-state index contributed by atoms with van der Waals surface area (Å²) in [5.41, 5.74) is 0.725. The van der Waals surface area contributed by atoms with Crippen LogP contribution in [0.15, 0.2) is 41.8 Å². The van der Waals surface area contributed by atoms with Gasteiger partial charge in [0, 0.05) is 13.1 Å². The van der Waals surface area contributed by atoms with Crippen molar-refractivity contribution in [3.8, 4) is 0 Å². The Morgan fingerprint density at radius 3 is 2.29 bits per heavy atom. The normalized spacial score (nSPS) is 12.1. The summed E-state index contributed by atoms with van der Waals surface area (Å²) in [4.78, 5) is 11.7. The monoisotopic (exact) mass is 375 g/mol. The Morgan fingerprint density at radius 2 is 1.83 bits per heavy atom. The first-order valence-electron chi connectivity index (χ1n) is 6.98. The van der Waals surface area contributed by atoms with Crippen molar-refractivity contribution >= 4 is 26.0 Å². The number of nitrogens with one attached hydrogen (secondary N) is 1. The molecule has 0 aromatic heterocycles. The first-order chi connectivity index (χ1) is 11.0. The Labute approximate surface area is 142 Å². The predicted octanol–water partition coefficient (Wildman–Crippen LogP) is -0.560. The molecule has 0 atom stereocenters. The maximum Gasteiger partial charge on any atom is 0.238 e. The fourth-order valence-electron chi connectivity index (χ4n) is 1.86. The largest absolute Gasteiger partial charge is 0.351 e. The Balaban J connectivity index is 2.75. The average Bonchev–Trinajstić information content (AvgIpc) is 2.47. The smallest absolute Gasteiger partial charge is 0.238 e. The van der Waals surface area contributed by atoms with Crippen molar-refractivity contribution in [1.29, 1.82) is 0 Å². The number of primary sulfonamides is 1. The molecule has 0 unspecified atom stereocenters. The fraction of sp³-hybridized carbons (Fsp3) is 0.357. The highest BCUT2D eigenvalue weighted by Gasteiger charge is 2.19. The van der Waals surface area contributed by atoms with Gasteiger partial charge in [-0.1, -0.05) is 18.2 Å². The lowest BCUT2D eigenvalue weighted by atomic mass is 10.1. The molecule has 0 radical (unpaired) electrons. The number of rotatable bonds is 9. The van der Waals surface area contributed by atoms with Crippen molar-refractivity contribution < 1.29 is 21.6 Å². The number of nitrogens with two attached hydrogens (primary N) is 1. The van der Waals surface area contributed by atoms with Gasteiger partial charge in [-0.05, 0) is 24.1 Å². The van der Waals surface area contributed by atoms with Gasteiger partial charge in [0.1, 0.15) is 0 Å². The minimum Gasteiger partial charge on any atom is -0.351 e. The molecule has 0 heterocycles. The van der Waals surface area contributed by atoms with E-state index in [1.165, 1.54) is 18.2 Å². The zero-order valence-corrected chi connectivity index (χ0v) is 14.9. The summed E-state index contributed by atoms with van der Waals surface area (Å²) in [5.74, 6) is -0.426. The van der Waals surface area contributed by atoms with E-state index in [1.807, 2.05) is 0 Å². The third-order valence-corrected chi connectivity index (χ3v) is 5.31. The van der Waals surface area contributed by atoms with E-state index in [-0.39, 0.29) is 24.5 Å².